The van der Waals surface area contributed by atoms with Gasteiger partial charge in [-0.15, -0.1) is 0 Å². The lowest BCUT2D eigenvalue weighted by atomic mass is 9.33. The molecule has 5 aliphatic rings. The van der Waals surface area contributed by atoms with E-state index >= 15 is 0 Å². The van der Waals surface area contributed by atoms with Crippen molar-refractivity contribution in [2.45, 2.75) is 105 Å². The van der Waals surface area contributed by atoms with Crippen molar-refractivity contribution in [2.75, 3.05) is 13.2 Å². The van der Waals surface area contributed by atoms with E-state index in [2.05, 4.69) is 33.8 Å². The van der Waals surface area contributed by atoms with Crippen molar-refractivity contribution in [3.63, 3.8) is 0 Å². The van der Waals surface area contributed by atoms with Crippen molar-refractivity contribution in [1.29, 1.82) is 0 Å². The van der Waals surface area contributed by atoms with Crippen molar-refractivity contribution in [3.8, 4) is 0 Å². The topological polar surface area (TPSA) is 118 Å². The second-order valence-electron chi connectivity index (χ2n) is 14.9. The Balaban J connectivity index is 1.61. The van der Waals surface area contributed by atoms with Gasteiger partial charge in [-0.1, -0.05) is 46.3 Å². The summed E-state index contributed by atoms with van der Waals surface area (Å²) in [5, 5.41) is 53.1. The van der Waals surface area contributed by atoms with Gasteiger partial charge in [-0.2, -0.15) is 0 Å². The SMILES string of the molecule is C[C@@]1(CO)CC[C@]2(C(=O)O)CC[C@]3(C)C(=CC[C@@H]4[C@@]5(C)C[C@@H](O)[C@H](O)[C@](C)(CO)[C@@H]5CC[C@]43C)[C@H]2C1. The van der Waals surface area contributed by atoms with E-state index in [4.69, 9.17) is 0 Å². The zero-order chi connectivity index (χ0) is 26.5. The van der Waals surface area contributed by atoms with Crippen LogP contribution in [0.15, 0.2) is 11.6 Å². The van der Waals surface area contributed by atoms with Gasteiger partial charge in [0.15, 0.2) is 0 Å². The summed E-state index contributed by atoms with van der Waals surface area (Å²) in [6.07, 6.45) is 7.37. The largest absolute Gasteiger partial charge is 0.481 e. The fourth-order valence-electron chi connectivity index (χ4n) is 10.8. The van der Waals surface area contributed by atoms with E-state index in [9.17, 15) is 30.3 Å². The monoisotopic (exact) mass is 504 g/mol. The van der Waals surface area contributed by atoms with Crippen LogP contribution in [0.3, 0.4) is 0 Å². The minimum absolute atomic E-state index is 0.0653. The molecule has 0 aromatic carbocycles. The maximum absolute atomic E-state index is 12.8. The van der Waals surface area contributed by atoms with E-state index in [1.807, 2.05) is 6.92 Å². The Morgan fingerprint density at radius 1 is 0.917 bits per heavy atom. The third kappa shape index (κ3) is 3.08. The first-order chi connectivity index (χ1) is 16.7. The number of fused-ring (bicyclic) bond motifs is 7. The Kier molecular flexibility index (Phi) is 5.95. The van der Waals surface area contributed by atoms with Gasteiger partial charge in [0.2, 0.25) is 0 Å². The van der Waals surface area contributed by atoms with Crippen molar-refractivity contribution >= 4 is 5.97 Å². The highest BCUT2D eigenvalue weighted by Crippen LogP contribution is 2.75. The quantitative estimate of drug-likeness (QED) is 0.369. The number of carboxylic acids is 1. The Labute approximate surface area is 216 Å². The molecule has 0 radical (unpaired) electrons. The van der Waals surface area contributed by atoms with Gasteiger partial charge in [0.25, 0.3) is 0 Å². The summed E-state index contributed by atoms with van der Waals surface area (Å²) in [4.78, 5) is 12.8. The molecule has 0 heterocycles. The number of allylic oxidation sites excluding steroid dienone is 2. The zero-order valence-electron chi connectivity index (χ0n) is 22.9. The summed E-state index contributed by atoms with van der Waals surface area (Å²) in [6.45, 7) is 11.0. The van der Waals surface area contributed by atoms with Crippen LogP contribution in [0.2, 0.25) is 0 Å². The number of aliphatic hydroxyl groups is 4. The van der Waals surface area contributed by atoms with Crippen LogP contribution in [0.4, 0.5) is 0 Å². The van der Waals surface area contributed by atoms with E-state index in [0.717, 1.165) is 32.1 Å². The minimum atomic E-state index is -0.931. The van der Waals surface area contributed by atoms with E-state index in [-0.39, 0.29) is 52.6 Å². The first-order valence-corrected chi connectivity index (χ1v) is 14.2. The number of rotatable bonds is 3. The number of carboxylic acid groups (broad SMARTS) is 1. The molecule has 0 saturated heterocycles. The van der Waals surface area contributed by atoms with Gasteiger partial charge in [-0.25, -0.2) is 0 Å². The van der Waals surface area contributed by atoms with Crippen molar-refractivity contribution in [1.82, 2.24) is 0 Å². The lowest BCUT2D eigenvalue weighted by Crippen LogP contribution is -2.68. The number of carbonyl (C=O) groups is 1. The van der Waals surface area contributed by atoms with Gasteiger partial charge in [-0.3, -0.25) is 4.79 Å². The third-order valence-corrected chi connectivity index (χ3v) is 13.4. The molecule has 11 atom stereocenters. The smallest absolute Gasteiger partial charge is 0.310 e. The number of aliphatic hydroxyl groups excluding tert-OH is 4. The van der Waals surface area contributed by atoms with Gasteiger partial charge in [0.05, 0.1) is 24.2 Å². The normalized spacial score (nSPS) is 56.5. The summed E-state index contributed by atoms with van der Waals surface area (Å²) in [5.74, 6) is -0.360. The lowest BCUT2D eigenvalue weighted by Gasteiger charge is -2.71. The highest BCUT2D eigenvalue weighted by Gasteiger charge is 2.70. The molecule has 0 aromatic heterocycles. The molecule has 5 aliphatic carbocycles. The third-order valence-electron chi connectivity index (χ3n) is 13.4. The van der Waals surface area contributed by atoms with Crippen molar-refractivity contribution in [2.24, 2.45) is 50.2 Å². The molecule has 0 aliphatic heterocycles. The van der Waals surface area contributed by atoms with E-state index < -0.39 is 29.0 Å². The van der Waals surface area contributed by atoms with Crippen LogP contribution in [0, 0.1) is 50.2 Å². The zero-order valence-corrected chi connectivity index (χ0v) is 22.9. The van der Waals surface area contributed by atoms with Crippen molar-refractivity contribution < 1.29 is 30.3 Å². The predicted molar refractivity (Wildman–Crippen MR) is 137 cm³/mol. The highest BCUT2D eigenvalue weighted by molar-refractivity contribution is 5.76. The van der Waals surface area contributed by atoms with Crippen LogP contribution >= 0.6 is 0 Å². The van der Waals surface area contributed by atoms with E-state index in [1.54, 1.807) is 0 Å². The molecular weight excluding hydrogens is 456 g/mol. The van der Waals surface area contributed by atoms with Gasteiger partial charge in [-0.05, 0) is 97.2 Å². The fourth-order valence-corrected chi connectivity index (χ4v) is 10.8. The molecule has 6 heteroatoms. The Bertz CT molecular complexity index is 963. The summed E-state index contributed by atoms with van der Waals surface area (Å²) < 4.78 is 0. The van der Waals surface area contributed by atoms with Crippen LogP contribution in [0.1, 0.15) is 92.4 Å². The van der Waals surface area contributed by atoms with Gasteiger partial charge in [0.1, 0.15) is 0 Å². The minimum Gasteiger partial charge on any atom is -0.481 e. The van der Waals surface area contributed by atoms with Crippen LogP contribution in [0.5, 0.6) is 0 Å². The Morgan fingerprint density at radius 3 is 2.19 bits per heavy atom. The molecule has 0 spiro atoms. The van der Waals surface area contributed by atoms with Crippen LogP contribution in [-0.2, 0) is 4.79 Å². The first-order valence-electron chi connectivity index (χ1n) is 14.2. The van der Waals surface area contributed by atoms with Gasteiger partial charge < -0.3 is 25.5 Å². The van der Waals surface area contributed by atoms with Crippen LogP contribution in [0.25, 0.3) is 0 Å². The summed E-state index contributed by atoms with van der Waals surface area (Å²) >= 11 is 0. The molecule has 0 bridgehead atoms. The fraction of sp³-hybridized carbons (Fsp3) is 0.900. The Hall–Kier alpha value is -0.950. The molecule has 4 saturated carbocycles. The number of aliphatic carboxylic acids is 1. The van der Waals surface area contributed by atoms with Crippen molar-refractivity contribution in [3.05, 3.63) is 11.6 Å². The summed E-state index contributed by atoms with van der Waals surface area (Å²) in [6, 6.07) is 0. The maximum Gasteiger partial charge on any atom is 0.310 e. The summed E-state index contributed by atoms with van der Waals surface area (Å²) in [5.41, 5.74) is -0.896. The molecular formula is C30H48O6. The molecule has 4 fully saturated rings. The van der Waals surface area contributed by atoms with Gasteiger partial charge in [0, 0.05) is 12.0 Å². The van der Waals surface area contributed by atoms with E-state index in [0.29, 0.717) is 25.7 Å². The second kappa shape index (κ2) is 8.03. The number of hydrogen-bond donors (Lipinski definition) is 5. The summed E-state index contributed by atoms with van der Waals surface area (Å²) in [7, 11) is 0. The second-order valence-corrected chi connectivity index (χ2v) is 14.9. The number of hydrogen-bond acceptors (Lipinski definition) is 5. The molecule has 204 valence electrons. The predicted octanol–water partition coefficient (Wildman–Crippen LogP) is 4.15. The molecule has 5 N–H and O–H groups in total. The molecule has 6 nitrogen and oxygen atoms in total. The van der Waals surface area contributed by atoms with Crippen LogP contribution < -0.4 is 0 Å². The molecule has 5 rings (SSSR count). The molecule has 36 heavy (non-hydrogen) atoms. The average Bonchev–Trinajstić information content (AvgIpc) is 2.83. The molecule has 0 aromatic rings. The van der Waals surface area contributed by atoms with Gasteiger partial charge >= 0.3 is 5.97 Å². The molecule has 0 amide bonds. The lowest BCUT2D eigenvalue weighted by molar-refractivity contribution is -0.243. The highest BCUT2D eigenvalue weighted by atomic mass is 16.4. The first kappa shape index (κ1) is 26.6. The van der Waals surface area contributed by atoms with Crippen LogP contribution in [-0.4, -0.2) is 56.9 Å². The average molecular weight is 505 g/mol. The maximum atomic E-state index is 12.8. The standard InChI is InChI=1S/C30H48O6/c1-25(16-31)10-12-30(24(35)36)13-11-28(4)18(19(30)14-25)6-7-22-26(2)15-20(33)23(34)27(3,17-32)21(26)8-9-29(22,28)5/h6,19-23,31-34H,7-17H2,1-5H3,(H,35,36)/t19-,20-,21-,22-,23+,25-,26+,27-,28-,29-,30+/m1/s1. The van der Waals surface area contributed by atoms with E-state index in [1.165, 1.54) is 5.57 Å². The molecule has 0 unspecified atom stereocenters. The Morgan fingerprint density at radius 2 is 1.58 bits per heavy atom.